The van der Waals surface area contributed by atoms with Crippen LogP contribution in [-0.2, 0) is 15.3 Å². The van der Waals surface area contributed by atoms with Gasteiger partial charge in [0.05, 0.1) is 5.75 Å². The average molecular weight is 323 g/mol. The van der Waals surface area contributed by atoms with Crippen molar-refractivity contribution in [2.75, 3.05) is 12.0 Å². The number of carboxylic acids is 1. The van der Waals surface area contributed by atoms with Crippen molar-refractivity contribution in [3.63, 3.8) is 0 Å². The third-order valence-electron chi connectivity index (χ3n) is 3.30. The third-order valence-corrected chi connectivity index (χ3v) is 4.55. The van der Waals surface area contributed by atoms with Crippen molar-refractivity contribution in [3.8, 4) is 11.3 Å². The van der Waals surface area contributed by atoms with Gasteiger partial charge in [-0.2, -0.15) is 0 Å². The third kappa shape index (κ3) is 3.73. The van der Waals surface area contributed by atoms with Crippen LogP contribution >= 0.6 is 0 Å². The summed E-state index contributed by atoms with van der Waals surface area (Å²) in [6, 6.07) is 8.48. The van der Waals surface area contributed by atoms with Crippen LogP contribution in [0.1, 0.15) is 29.9 Å². The molecule has 0 radical (unpaired) electrons. The number of carboxylic acid groups (broad SMARTS) is 1. The summed E-state index contributed by atoms with van der Waals surface area (Å²) in [6.07, 6.45) is 1.21. The van der Waals surface area contributed by atoms with Gasteiger partial charge in [-0.05, 0) is 5.56 Å². The Hall–Kier alpha value is -2.15. The maximum atomic E-state index is 11.5. The molecule has 0 bridgehead atoms. The highest BCUT2D eigenvalue weighted by Gasteiger charge is 2.25. The summed E-state index contributed by atoms with van der Waals surface area (Å²) < 4.78 is 28.0. The number of rotatable bonds is 5. The first-order chi connectivity index (χ1) is 10.1. The Bertz CT molecular complexity index is 788. The molecular formula is C15H17NO5S. The number of aromatic nitrogens is 1. The van der Waals surface area contributed by atoms with Gasteiger partial charge in [0.15, 0.2) is 11.5 Å². The minimum absolute atomic E-state index is 0.0464. The van der Waals surface area contributed by atoms with Crippen molar-refractivity contribution < 1.29 is 22.8 Å². The number of hydrogen-bond acceptors (Lipinski definition) is 5. The molecule has 1 N–H and O–H groups in total. The summed E-state index contributed by atoms with van der Waals surface area (Å²) in [5.41, 5.74) is 0.884. The highest BCUT2D eigenvalue weighted by Crippen LogP contribution is 2.28. The van der Waals surface area contributed by atoms with Crippen molar-refractivity contribution >= 4 is 15.8 Å². The van der Waals surface area contributed by atoms with E-state index in [1.807, 2.05) is 26.0 Å². The summed E-state index contributed by atoms with van der Waals surface area (Å²) in [4.78, 5) is 10.8. The van der Waals surface area contributed by atoms with Crippen LogP contribution in [0.15, 0.2) is 34.9 Å². The normalized spacial score (nSPS) is 12.3. The van der Waals surface area contributed by atoms with Crippen molar-refractivity contribution in [3.05, 3.63) is 41.6 Å². The first-order valence-corrected chi connectivity index (χ1v) is 8.63. The molecule has 2 rings (SSSR count). The fourth-order valence-electron chi connectivity index (χ4n) is 2.34. The van der Waals surface area contributed by atoms with E-state index in [2.05, 4.69) is 5.16 Å². The molecule has 6 nitrogen and oxygen atoms in total. The topological polar surface area (TPSA) is 97.5 Å². The molecule has 0 saturated heterocycles. The van der Waals surface area contributed by atoms with Gasteiger partial charge in [-0.25, -0.2) is 13.2 Å². The molecule has 0 atom stereocenters. The van der Waals surface area contributed by atoms with Crippen molar-refractivity contribution in [1.82, 2.24) is 5.16 Å². The van der Waals surface area contributed by atoms with E-state index >= 15 is 0 Å². The number of benzene rings is 1. The molecule has 0 aliphatic rings. The fourth-order valence-corrected chi connectivity index (χ4v) is 3.81. The number of hydrogen-bond donors (Lipinski definition) is 1. The van der Waals surface area contributed by atoms with Crippen LogP contribution in [0.25, 0.3) is 11.3 Å². The second-order valence-electron chi connectivity index (χ2n) is 5.91. The quantitative estimate of drug-likeness (QED) is 0.907. The molecule has 118 valence electrons. The smallest absolute Gasteiger partial charge is 0.358 e. The molecule has 0 aliphatic carbocycles. The largest absolute Gasteiger partial charge is 0.476 e. The summed E-state index contributed by atoms with van der Waals surface area (Å²) in [5, 5.41) is 12.3. The van der Waals surface area contributed by atoms with Gasteiger partial charge in [-0.1, -0.05) is 43.3 Å². The van der Waals surface area contributed by atoms with Crippen molar-refractivity contribution in [2.45, 2.75) is 19.3 Å². The monoisotopic (exact) mass is 323 g/mol. The molecule has 1 heterocycles. The summed E-state index contributed by atoms with van der Waals surface area (Å²) in [6.45, 7) is 3.72. The van der Waals surface area contributed by atoms with E-state index in [4.69, 9.17) is 9.63 Å². The Kier molecular flexibility index (Phi) is 4.10. The van der Waals surface area contributed by atoms with Crippen LogP contribution in [0.5, 0.6) is 0 Å². The second-order valence-corrected chi connectivity index (χ2v) is 8.05. The van der Waals surface area contributed by atoms with Gasteiger partial charge >= 0.3 is 5.97 Å². The molecule has 0 amide bonds. The first-order valence-electron chi connectivity index (χ1n) is 6.57. The molecule has 0 spiro atoms. The van der Waals surface area contributed by atoms with Crippen molar-refractivity contribution in [2.24, 2.45) is 0 Å². The molecule has 0 aliphatic heterocycles. The molecule has 1 aromatic heterocycles. The lowest BCUT2D eigenvalue weighted by Gasteiger charge is -2.24. The maximum absolute atomic E-state index is 11.5. The van der Waals surface area contributed by atoms with Crippen LogP contribution < -0.4 is 0 Å². The Labute approximate surface area is 128 Å². The molecule has 0 unspecified atom stereocenters. The molecular weight excluding hydrogens is 306 g/mol. The van der Waals surface area contributed by atoms with E-state index in [0.717, 1.165) is 5.56 Å². The Balaban J connectivity index is 2.28. The van der Waals surface area contributed by atoms with E-state index in [1.165, 1.54) is 12.3 Å². The molecule has 1 aromatic carbocycles. The summed E-state index contributed by atoms with van der Waals surface area (Å²) in [5.74, 6) is -0.754. The number of aromatic carboxylic acids is 1. The zero-order valence-corrected chi connectivity index (χ0v) is 13.3. The van der Waals surface area contributed by atoms with Crippen LogP contribution in [0.4, 0.5) is 0 Å². The number of nitrogens with zero attached hydrogens (tertiary/aromatic N) is 1. The van der Waals surface area contributed by atoms with Gasteiger partial charge in [0.25, 0.3) is 0 Å². The Morgan fingerprint density at radius 3 is 2.32 bits per heavy atom. The van der Waals surface area contributed by atoms with Crippen LogP contribution in [-0.4, -0.2) is 36.7 Å². The van der Waals surface area contributed by atoms with Gasteiger partial charge < -0.3 is 9.63 Å². The SMILES string of the molecule is CC(C)(CS(C)(=O)=O)c1ccc(-c2cc(C(=O)O)no2)cc1. The lowest BCUT2D eigenvalue weighted by molar-refractivity contribution is 0.0686. The van der Waals surface area contributed by atoms with E-state index < -0.39 is 21.2 Å². The molecule has 0 fully saturated rings. The Morgan fingerprint density at radius 2 is 1.86 bits per heavy atom. The Morgan fingerprint density at radius 1 is 1.27 bits per heavy atom. The van der Waals surface area contributed by atoms with Gasteiger partial charge in [0.2, 0.25) is 0 Å². The summed E-state index contributed by atoms with van der Waals surface area (Å²) in [7, 11) is -3.09. The zero-order valence-electron chi connectivity index (χ0n) is 12.5. The first kappa shape index (κ1) is 16.2. The highest BCUT2D eigenvalue weighted by molar-refractivity contribution is 7.90. The van der Waals surface area contributed by atoms with E-state index in [0.29, 0.717) is 11.3 Å². The molecule has 0 saturated carbocycles. The van der Waals surface area contributed by atoms with Gasteiger partial charge in [-0.3, -0.25) is 0 Å². The van der Waals surface area contributed by atoms with Gasteiger partial charge in [0, 0.05) is 23.3 Å². The number of carbonyl (C=O) groups is 1. The lowest BCUT2D eigenvalue weighted by Crippen LogP contribution is -2.27. The zero-order chi connectivity index (χ0) is 16.5. The maximum Gasteiger partial charge on any atom is 0.358 e. The highest BCUT2D eigenvalue weighted by atomic mass is 32.2. The molecule has 2 aromatic rings. The second kappa shape index (κ2) is 5.57. The van der Waals surface area contributed by atoms with Gasteiger partial charge in [-0.15, -0.1) is 0 Å². The van der Waals surface area contributed by atoms with Gasteiger partial charge in [0.1, 0.15) is 9.84 Å². The average Bonchev–Trinajstić information content (AvgIpc) is 2.85. The van der Waals surface area contributed by atoms with E-state index in [9.17, 15) is 13.2 Å². The van der Waals surface area contributed by atoms with E-state index in [1.54, 1.807) is 12.1 Å². The van der Waals surface area contributed by atoms with Crippen molar-refractivity contribution in [1.29, 1.82) is 0 Å². The fraction of sp³-hybridized carbons (Fsp3) is 0.333. The minimum atomic E-state index is -3.09. The summed E-state index contributed by atoms with van der Waals surface area (Å²) >= 11 is 0. The van der Waals surface area contributed by atoms with E-state index in [-0.39, 0.29) is 11.4 Å². The van der Waals surface area contributed by atoms with Crippen LogP contribution in [0, 0.1) is 0 Å². The predicted octanol–water partition coefficient (Wildman–Crippen LogP) is 2.36. The predicted molar refractivity (Wildman–Crippen MR) is 81.6 cm³/mol. The lowest BCUT2D eigenvalue weighted by atomic mass is 9.86. The minimum Gasteiger partial charge on any atom is -0.476 e. The van der Waals surface area contributed by atoms with Crippen LogP contribution in [0.3, 0.4) is 0 Å². The van der Waals surface area contributed by atoms with Crippen LogP contribution in [0.2, 0.25) is 0 Å². The molecule has 22 heavy (non-hydrogen) atoms. The standard InChI is InChI=1S/C15H17NO5S/c1-15(2,9-22(3,19)20)11-6-4-10(5-7-11)13-8-12(14(17)18)16-21-13/h4-8H,9H2,1-3H3,(H,17,18). The molecule has 7 heteroatoms. The number of sulfone groups is 1.